The Bertz CT molecular complexity index is 731. The van der Waals surface area contributed by atoms with E-state index in [0.29, 0.717) is 31.1 Å². The monoisotopic (exact) mass is 341 g/mol. The maximum Gasteiger partial charge on any atom is 0.261 e. The van der Waals surface area contributed by atoms with Crippen LogP contribution in [0, 0.1) is 6.92 Å². The van der Waals surface area contributed by atoms with Gasteiger partial charge in [0.25, 0.3) is 5.91 Å². The lowest BCUT2D eigenvalue weighted by molar-refractivity contribution is -0.128. The van der Waals surface area contributed by atoms with Crippen molar-refractivity contribution < 1.29 is 19.0 Å². The molecule has 5 heteroatoms. The van der Waals surface area contributed by atoms with Gasteiger partial charge in [-0.3, -0.25) is 4.79 Å². The Morgan fingerprint density at radius 2 is 2.04 bits per heavy atom. The first-order valence-electron chi connectivity index (χ1n) is 8.55. The van der Waals surface area contributed by atoms with E-state index < -0.39 is 6.10 Å². The van der Waals surface area contributed by atoms with Crippen LogP contribution in [0.3, 0.4) is 0 Å². The molecule has 0 radical (unpaired) electrons. The van der Waals surface area contributed by atoms with E-state index in [1.807, 2.05) is 62.4 Å². The number of ether oxygens (including phenoxy) is 3. The molecule has 1 amide bonds. The van der Waals surface area contributed by atoms with Crippen molar-refractivity contribution in [1.82, 2.24) is 5.32 Å². The van der Waals surface area contributed by atoms with Crippen LogP contribution in [0.2, 0.25) is 0 Å². The molecule has 0 saturated carbocycles. The van der Waals surface area contributed by atoms with E-state index in [0.717, 1.165) is 11.3 Å². The van der Waals surface area contributed by atoms with Crippen molar-refractivity contribution in [2.75, 3.05) is 13.2 Å². The lowest BCUT2D eigenvalue weighted by atomic mass is 10.2. The van der Waals surface area contributed by atoms with Gasteiger partial charge in [-0.25, -0.2) is 0 Å². The van der Waals surface area contributed by atoms with Gasteiger partial charge in [-0.2, -0.15) is 0 Å². The van der Waals surface area contributed by atoms with Crippen LogP contribution in [0.25, 0.3) is 0 Å². The van der Waals surface area contributed by atoms with E-state index in [2.05, 4.69) is 5.32 Å². The average Bonchev–Trinajstić information content (AvgIpc) is 2.64. The van der Waals surface area contributed by atoms with Crippen LogP contribution in [-0.4, -0.2) is 31.3 Å². The molecule has 0 spiro atoms. The fourth-order valence-corrected chi connectivity index (χ4v) is 2.67. The molecule has 1 aliphatic rings. The maximum atomic E-state index is 12.4. The number of fused-ring (bicyclic) bond motifs is 1. The summed E-state index contributed by atoms with van der Waals surface area (Å²) in [6.45, 7) is 4.70. The van der Waals surface area contributed by atoms with Crippen molar-refractivity contribution in [3.8, 4) is 17.2 Å². The van der Waals surface area contributed by atoms with Crippen LogP contribution in [-0.2, 0) is 4.79 Å². The molecule has 1 heterocycles. The van der Waals surface area contributed by atoms with Gasteiger partial charge >= 0.3 is 0 Å². The smallest absolute Gasteiger partial charge is 0.261 e. The van der Waals surface area contributed by atoms with Gasteiger partial charge in [-0.15, -0.1) is 0 Å². The molecule has 0 saturated heterocycles. The van der Waals surface area contributed by atoms with E-state index in [1.165, 1.54) is 0 Å². The summed E-state index contributed by atoms with van der Waals surface area (Å²) in [4.78, 5) is 12.4. The summed E-state index contributed by atoms with van der Waals surface area (Å²) in [5.74, 6) is 2.00. The summed E-state index contributed by atoms with van der Waals surface area (Å²) in [5, 5.41) is 2.90. The highest BCUT2D eigenvalue weighted by atomic mass is 16.6. The second-order valence-electron chi connectivity index (χ2n) is 6.07. The van der Waals surface area contributed by atoms with Gasteiger partial charge in [-0.1, -0.05) is 31.2 Å². The van der Waals surface area contributed by atoms with Crippen LogP contribution >= 0.6 is 0 Å². The number of carbonyl (C=O) groups is 1. The molecule has 0 bridgehead atoms. The summed E-state index contributed by atoms with van der Waals surface area (Å²) in [6, 6.07) is 15.2. The molecule has 0 aliphatic carbocycles. The van der Waals surface area contributed by atoms with Crippen molar-refractivity contribution in [2.45, 2.75) is 32.5 Å². The number of para-hydroxylation sites is 2. The Hall–Kier alpha value is -2.69. The number of amides is 1. The Morgan fingerprint density at radius 1 is 1.24 bits per heavy atom. The number of benzene rings is 2. The number of nitrogens with one attached hydrogen (secondary N) is 1. The molecule has 25 heavy (non-hydrogen) atoms. The zero-order chi connectivity index (χ0) is 17.6. The maximum absolute atomic E-state index is 12.4. The number of hydrogen-bond donors (Lipinski definition) is 1. The van der Waals surface area contributed by atoms with Crippen LogP contribution in [0.1, 0.15) is 18.9 Å². The summed E-state index contributed by atoms with van der Waals surface area (Å²) in [6.07, 6.45) is -0.154. The second kappa shape index (κ2) is 7.92. The fourth-order valence-electron chi connectivity index (χ4n) is 2.67. The first-order valence-corrected chi connectivity index (χ1v) is 8.55. The molecule has 2 aromatic carbocycles. The molecule has 1 N–H and O–H groups in total. The Labute approximate surface area is 147 Å². The molecule has 0 unspecified atom stereocenters. The molecule has 5 nitrogen and oxygen atoms in total. The third-order valence-corrected chi connectivity index (χ3v) is 4.00. The predicted molar refractivity (Wildman–Crippen MR) is 95.2 cm³/mol. The van der Waals surface area contributed by atoms with E-state index in [1.54, 1.807) is 0 Å². The summed E-state index contributed by atoms with van der Waals surface area (Å²) in [7, 11) is 0. The molecule has 132 valence electrons. The summed E-state index contributed by atoms with van der Waals surface area (Å²) in [5.41, 5.74) is 1.10. The number of rotatable bonds is 6. The first kappa shape index (κ1) is 17.1. The molecule has 0 aromatic heterocycles. The minimum absolute atomic E-state index is 0.147. The topological polar surface area (TPSA) is 56.8 Å². The highest BCUT2D eigenvalue weighted by Crippen LogP contribution is 2.30. The van der Waals surface area contributed by atoms with Crippen molar-refractivity contribution in [1.29, 1.82) is 0 Å². The minimum atomic E-state index is -0.529. The van der Waals surface area contributed by atoms with Gasteiger partial charge in [0.1, 0.15) is 18.5 Å². The standard InChI is InChI=1S/C20H23NO4/c1-3-17(24-15-8-6-7-14(2)11-15)20(22)21-12-16-13-23-18-9-4-5-10-19(18)25-16/h4-11,16-17H,3,12-13H2,1-2H3,(H,21,22)/t16-,17-/m1/s1. The van der Waals surface area contributed by atoms with Crippen molar-refractivity contribution in [2.24, 2.45) is 0 Å². The van der Waals surface area contributed by atoms with Crippen LogP contribution in [0.4, 0.5) is 0 Å². The molecule has 1 aliphatic heterocycles. The highest BCUT2D eigenvalue weighted by molar-refractivity contribution is 5.81. The second-order valence-corrected chi connectivity index (χ2v) is 6.07. The van der Waals surface area contributed by atoms with Crippen molar-refractivity contribution in [3.63, 3.8) is 0 Å². The third kappa shape index (κ3) is 4.44. The zero-order valence-electron chi connectivity index (χ0n) is 14.5. The quantitative estimate of drug-likeness (QED) is 0.877. The van der Waals surface area contributed by atoms with E-state index in [-0.39, 0.29) is 12.0 Å². The lowest BCUT2D eigenvalue weighted by Crippen LogP contribution is -2.45. The largest absolute Gasteiger partial charge is 0.486 e. The minimum Gasteiger partial charge on any atom is -0.486 e. The van der Waals surface area contributed by atoms with E-state index >= 15 is 0 Å². The van der Waals surface area contributed by atoms with Crippen molar-refractivity contribution in [3.05, 3.63) is 54.1 Å². The fraction of sp³-hybridized carbons (Fsp3) is 0.350. The molecular weight excluding hydrogens is 318 g/mol. The first-order chi connectivity index (χ1) is 12.2. The van der Waals surface area contributed by atoms with E-state index in [9.17, 15) is 4.79 Å². The number of aryl methyl sites for hydroxylation is 1. The Balaban J connectivity index is 1.53. The zero-order valence-corrected chi connectivity index (χ0v) is 14.5. The number of hydrogen-bond acceptors (Lipinski definition) is 4. The van der Waals surface area contributed by atoms with Gasteiger partial charge in [-0.05, 0) is 43.2 Å². The van der Waals surface area contributed by atoms with E-state index in [4.69, 9.17) is 14.2 Å². The van der Waals surface area contributed by atoms with Gasteiger partial charge in [0.2, 0.25) is 0 Å². The van der Waals surface area contributed by atoms with Gasteiger partial charge in [0.05, 0.1) is 6.54 Å². The molecule has 2 aromatic rings. The lowest BCUT2D eigenvalue weighted by Gasteiger charge is -2.27. The molecular formula is C20H23NO4. The SMILES string of the molecule is CC[C@@H](Oc1cccc(C)c1)C(=O)NC[C@@H]1COc2ccccc2O1. The van der Waals surface area contributed by atoms with Crippen LogP contribution in [0.5, 0.6) is 17.2 Å². The normalized spacial score (nSPS) is 16.8. The van der Waals surface area contributed by atoms with Crippen LogP contribution in [0.15, 0.2) is 48.5 Å². The molecule has 0 fully saturated rings. The Morgan fingerprint density at radius 3 is 2.80 bits per heavy atom. The highest BCUT2D eigenvalue weighted by Gasteiger charge is 2.24. The number of carbonyl (C=O) groups excluding carboxylic acids is 1. The third-order valence-electron chi connectivity index (χ3n) is 4.00. The van der Waals surface area contributed by atoms with Gasteiger partial charge in [0.15, 0.2) is 17.6 Å². The predicted octanol–water partition coefficient (Wildman–Crippen LogP) is 3.11. The summed E-state index contributed by atoms with van der Waals surface area (Å²) >= 11 is 0. The van der Waals surface area contributed by atoms with Crippen molar-refractivity contribution >= 4 is 5.91 Å². The van der Waals surface area contributed by atoms with Gasteiger partial charge in [0, 0.05) is 0 Å². The molecule has 3 rings (SSSR count). The Kier molecular flexibility index (Phi) is 5.43. The average molecular weight is 341 g/mol. The molecule has 2 atom stereocenters. The summed E-state index contributed by atoms with van der Waals surface area (Å²) < 4.78 is 17.3. The van der Waals surface area contributed by atoms with Crippen LogP contribution < -0.4 is 19.5 Å². The van der Waals surface area contributed by atoms with Gasteiger partial charge < -0.3 is 19.5 Å².